The Hall–Kier alpha value is -1.46. The van der Waals surface area contributed by atoms with Crippen molar-refractivity contribution in [2.75, 3.05) is 0 Å². The number of imide groups is 1. The summed E-state index contributed by atoms with van der Waals surface area (Å²) in [5, 5.41) is 5.91. The molecule has 0 heterocycles. The molecule has 1 aliphatic carbocycles. The van der Waals surface area contributed by atoms with Crippen LogP contribution in [0.2, 0.25) is 10.0 Å². The van der Waals surface area contributed by atoms with Gasteiger partial charge in [0.1, 0.15) is 5.75 Å². The molecule has 7 heteroatoms. The summed E-state index contributed by atoms with van der Waals surface area (Å²) in [6, 6.07) is 4.37. The monoisotopic (exact) mass is 358 g/mol. The van der Waals surface area contributed by atoms with Gasteiger partial charge in [0.15, 0.2) is 6.10 Å². The zero-order valence-electron chi connectivity index (χ0n) is 12.9. The molecule has 0 saturated heterocycles. The molecule has 1 aliphatic rings. The van der Waals surface area contributed by atoms with Crippen molar-refractivity contribution in [3.8, 4) is 5.75 Å². The van der Waals surface area contributed by atoms with Crippen molar-refractivity contribution in [2.45, 2.75) is 51.2 Å². The van der Waals surface area contributed by atoms with Gasteiger partial charge in [0.2, 0.25) is 0 Å². The molecule has 1 saturated carbocycles. The summed E-state index contributed by atoms with van der Waals surface area (Å²) in [6.07, 6.45) is 4.43. The number of hydrogen-bond donors (Lipinski definition) is 2. The molecule has 126 valence electrons. The van der Waals surface area contributed by atoms with Crippen LogP contribution in [0.4, 0.5) is 4.79 Å². The zero-order chi connectivity index (χ0) is 16.8. The summed E-state index contributed by atoms with van der Waals surface area (Å²) in [5.41, 5.74) is 0. The molecule has 1 fully saturated rings. The van der Waals surface area contributed by atoms with Gasteiger partial charge < -0.3 is 10.1 Å². The Kier molecular flexibility index (Phi) is 6.54. The normalized spacial score (nSPS) is 16.5. The van der Waals surface area contributed by atoms with E-state index in [9.17, 15) is 9.59 Å². The van der Waals surface area contributed by atoms with E-state index in [0.29, 0.717) is 15.8 Å². The minimum absolute atomic E-state index is 0.134. The van der Waals surface area contributed by atoms with Crippen LogP contribution in [0.5, 0.6) is 5.75 Å². The minimum atomic E-state index is -0.872. The molecule has 2 N–H and O–H groups in total. The van der Waals surface area contributed by atoms with Crippen molar-refractivity contribution in [1.82, 2.24) is 10.6 Å². The maximum Gasteiger partial charge on any atom is 0.321 e. The molecule has 5 nitrogen and oxygen atoms in total. The molecular weight excluding hydrogens is 339 g/mol. The van der Waals surface area contributed by atoms with Gasteiger partial charge in [-0.1, -0.05) is 42.5 Å². The molecule has 23 heavy (non-hydrogen) atoms. The Morgan fingerprint density at radius 2 is 1.91 bits per heavy atom. The van der Waals surface area contributed by atoms with Gasteiger partial charge in [-0.05, 0) is 31.9 Å². The van der Waals surface area contributed by atoms with Crippen molar-refractivity contribution in [3.63, 3.8) is 0 Å². The number of urea groups is 1. The van der Waals surface area contributed by atoms with Crippen LogP contribution in [0.25, 0.3) is 0 Å². The largest absolute Gasteiger partial charge is 0.479 e. The number of carbonyl (C=O) groups is 2. The molecule has 0 spiro atoms. The third-order valence-electron chi connectivity index (χ3n) is 3.74. The van der Waals surface area contributed by atoms with E-state index in [1.807, 2.05) is 0 Å². The Bertz CT molecular complexity index is 574. The molecule has 3 amide bonds. The van der Waals surface area contributed by atoms with Crippen molar-refractivity contribution in [2.24, 2.45) is 0 Å². The number of hydrogen-bond acceptors (Lipinski definition) is 3. The smallest absolute Gasteiger partial charge is 0.321 e. The maximum atomic E-state index is 12.0. The molecule has 1 atom stereocenters. The van der Waals surface area contributed by atoms with Gasteiger partial charge in [-0.25, -0.2) is 4.79 Å². The highest BCUT2D eigenvalue weighted by Crippen LogP contribution is 2.28. The van der Waals surface area contributed by atoms with Crippen molar-refractivity contribution >= 4 is 35.1 Å². The molecule has 0 unspecified atom stereocenters. The van der Waals surface area contributed by atoms with Gasteiger partial charge in [0.25, 0.3) is 5.91 Å². The lowest BCUT2D eigenvalue weighted by Crippen LogP contribution is -2.48. The van der Waals surface area contributed by atoms with E-state index in [2.05, 4.69) is 10.6 Å². The van der Waals surface area contributed by atoms with Crippen molar-refractivity contribution < 1.29 is 14.3 Å². The lowest BCUT2D eigenvalue weighted by atomic mass is 9.96. The molecular formula is C16H20Cl2N2O3. The Morgan fingerprint density at radius 3 is 2.61 bits per heavy atom. The highest BCUT2D eigenvalue weighted by Gasteiger charge is 2.21. The van der Waals surface area contributed by atoms with E-state index in [0.717, 1.165) is 25.7 Å². The lowest BCUT2D eigenvalue weighted by molar-refractivity contribution is -0.126. The standard InChI is InChI=1S/C16H20Cl2N2O3/c1-10(23-14-9-11(17)7-8-13(14)18)15(21)20-16(22)19-12-5-3-2-4-6-12/h7-10,12H,2-6H2,1H3,(H2,19,20,21,22)/t10-/m0/s1. The summed E-state index contributed by atoms with van der Waals surface area (Å²) in [6.45, 7) is 1.54. The van der Waals surface area contributed by atoms with Crippen molar-refractivity contribution in [3.05, 3.63) is 28.2 Å². The number of benzene rings is 1. The van der Waals surface area contributed by atoms with Crippen LogP contribution in [0.1, 0.15) is 39.0 Å². The second-order valence-corrected chi connectivity index (χ2v) is 6.48. The van der Waals surface area contributed by atoms with E-state index in [1.165, 1.54) is 12.5 Å². The third-order valence-corrected chi connectivity index (χ3v) is 4.29. The Balaban J connectivity index is 1.84. The van der Waals surface area contributed by atoms with E-state index >= 15 is 0 Å². The van der Waals surface area contributed by atoms with Gasteiger partial charge in [0.05, 0.1) is 5.02 Å². The van der Waals surface area contributed by atoms with Crippen LogP contribution < -0.4 is 15.4 Å². The number of ether oxygens (including phenoxy) is 1. The van der Waals surface area contributed by atoms with Gasteiger partial charge >= 0.3 is 6.03 Å². The molecule has 1 aromatic carbocycles. The molecule has 0 bridgehead atoms. The van der Waals surface area contributed by atoms with Gasteiger partial charge in [-0.3, -0.25) is 10.1 Å². The van der Waals surface area contributed by atoms with E-state index in [4.69, 9.17) is 27.9 Å². The van der Waals surface area contributed by atoms with Gasteiger partial charge in [0, 0.05) is 17.1 Å². The minimum Gasteiger partial charge on any atom is -0.479 e. The summed E-state index contributed by atoms with van der Waals surface area (Å²) in [5.74, 6) is -0.233. The number of nitrogens with one attached hydrogen (secondary N) is 2. The lowest BCUT2D eigenvalue weighted by Gasteiger charge is -2.23. The van der Waals surface area contributed by atoms with Crippen LogP contribution in [0, 0.1) is 0 Å². The highest BCUT2D eigenvalue weighted by atomic mass is 35.5. The fraction of sp³-hybridized carbons (Fsp3) is 0.500. The fourth-order valence-corrected chi connectivity index (χ4v) is 2.82. The number of rotatable bonds is 4. The number of halogens is 2. The first-order valence-corrected chi connectivity index (χ1v) is 8.44. The van der Waals surface area contributed by atoms with E-state index in [1.54, 1.807) is 19.1 Å². The average Bonchev–Trinajstić information content (AvgIpc) is 2.51. The van der Waals surface area contributed by atoms with Crippen LogP contribution >= 0.6 is 23.2 Å². The predicted octanol–water partition coefficient (Wildman–Crippen LogP) is 3.92. The molecule has 0 aromatic heterocycles. The highest BCUT2D eigenvalue weighted by molar-refractivity contribution is 6.34. The van der Waals surface area contributed by atoms with Gasteiger partial charge in [-0.15, -0.1) is 0 Å². The summed E-state index contributed by atoms with van der Waals surface area (Å²) in [7, 11) is 0. The van der Waals surface area contributed by atoms with E-state index in [-0.39, 0.29) is 6.04 Å². The quantitative estimate of drug-likeness (QED) is 0.856. The first-order valence-electron chi connectivity index (χ1n) is 7.69. The first-order chi connectivity index (χ1) is 11.0. The third kappa shape index (κ3) is 5.59. The summed E-state index contributed by atoms with van der Waals surface area (Å²) < 4.78 is 5.47. The predicted molar refractivity (Wildman–Crippen MR) is 90.1 cm³/mol. The van der Waals surface area contributed by atoms with Crippen LogP contribution in [0.15, 0.2) is 18.2 Å². The van der Waals surface area contributed by atoms with E-state index < -0.39 is 18.0 Å². The van der Waals surface area contributed by atoms with Crippen LogP contribution in [0.3, 0.4) is 0 Å². The summed E-state index contributed by atoms with van der Waals surface area (Å²) in [4.78, 5) is 23.9. The maximum absolute atomic E-state index is 12.0. The zero-order valence-corrected chi connectivity index (χ0v) is 14.4. The number of amides is 3. The number of carbonyl (C=O) groups excluding carboxylic acids is 2. The molecule has 0 radical (unpaired) electrons. The first kappa shape index (κ1) is 17.9. The summed E-state index contributed by atoms with van der Waals surface area (Å²) >= 11 is 11.9. The second-order valence-electron chi connectivity index (χ2n) is 5.63. The average molecular weight is 359 g/mol. The molecule has 2 rings (SSSR count). The molecule has 1 aromatic rings. The SMILES string of the molecule is C[C@H](Oc1cc(Cl)ccc1Cl)C(=O)NC(=O)NC1CCCCC1. The fourth-order valence-electron chi connectivity index (χ4n) is 2.49. The topological polar surface area (TPSA) is 67.4 Å². The van der Waals surface area contributed by atoms with Crippen molar-refractivity contribution in [1.29, 1.82) is 0 Å². The van der Waals surface area contributed by atoms with Gasteiger partial charge in [-0.2, -0.15) is 0 Å². The Labute approximate surface area is 145 Å². The van der Waals surface area contributed by atoms with Crippen LogP contribution in [-0.4, -0.2) is 24.1 Å². The Morgan fingerprint density at radius 1 is 1.22 bits per heavy atom. The second kappa shape index (κ2) is 8.41. The van der Waals surface area contributed by atoms with Crippen LogP contribution in [-0.2, 0) is 4.79 Å². The molecule has 0 aliphatic heterocycles.